The number of amides is 1. The van der Waals surface area contributed by atoms with Gasteiger partial charge < -0.3 is 15.2 Å². The van der Waals surface area contributed by atoms with Crippen LogP contribution in [-0.2, 0) is 9.47 Å². The van der Waals surface area contributed by atoms with E-state index in [1.165, 1.54) is 0 Å². The lowest BCUT2D eigenvalue weighted by atomic mass is 10.2. The molecule has 0 aromatic carbocycles. The Hall–Kier alpha value is -0.810. The van der Waals surface area contributed by atoms with Gasteiger partial charge in [-0.1, -0.05) is 0 Å². The highest BCUT2D eigenvalue weighted by molar-refractivity contribution is 5.68. The van der Waals surface area contributed by atoms with Crippen LogP contribution in [0, 0.1) is 0 Å². The van der Waals surface area contributed by atoms with E-state index in [-0.39, 0.29) is 12.1 Å². The molecule has 0 radical (unpaired) electrons. The van der Waals surface area contributed by atoms with E-state index in [0.717, 1.165) is 0 Å². The molecule has 0 saturated carbocycles. The Bertz CT molecular complexity index is 175. The number of carbonyl (C=O) groups excluding carboxylic acids is 1. The van der Waals surface area contributed by atoms with Crippen LogP contribution < -0.4 is 5.73 Å². The summed E-state index contributed by atoms with van der Waals surface area (Å²) in [6.45, 7) is 4.24. The van der Waals surface area contributed by atoms with Gasteiger partial charge in [-0.25, -0.2) is 4.79 Å². The molecule has 0 aromatic rings. The monoisotopic (exact) mass is 188 g/mol. The molecule has 2 N–H and O–H groups in total. The SMILES string of the molecule is CCOC(=O)N1CCOCC1CN. The number of rotatable bonds is 2. The summed E-state index contributed by atoms with van der Waals surface area (Å²) in [7, 11) is 0. The summed E-state index contributed by atoms with van der Waals surface area (Å²) in [4.78, 5) is 13.0. The predicted octanol–water partition coefficient (Wildman–Crippen LogP) is -0.198. The third-order valence-electron chi connectivity index (χ3n) is 2.00. The average molecular weight is 188 g/mol. The van der Waals surface area contributed by atoms with Crippen molar-refractivity contribution in [3.63, 3.8) is 0 Å². The highest BCUT2D eigenvalue weighted by Gasteiger charge is 2.26. The molecule has 1 fully saturated rings. The standard InChI is InChI=1S/C8H16N2O3/c1-2-13-8(11)10-3-4-12-6-7(10)5-9/h7H,2-6,9H2,1H3. The largest absolute Gasteiger partial charge is 0.450 e. The molecule has 1 atom stereocenters. The van der Waals surface area contributed by atoms with Crippen molar-refractivity contribution in [2.24, 2.45) is 5.73 Å². The van der Waals surface area contributed by atoms with Crippen molar-refractivity contribution < 1.29 is 14.3 Å². The Labute approximate surface area is 77.8 Å². The zero-order valence-electron chi connectivity index (χ0n) is 7.86. The smallest absolute Gasteiger partial charge is 0.410 e. The third-order valence-corrected chi connectivity index (χ3v) is 2.00. The van der Waals surface area contributed by atoms with E-state index < -0.39 is 0 Å². The summed E-state index contributed by atoms with van der Waals surface area (Å²) < 4.78 is 10.1. The summed E-state index contributed by atoms with van der Waals surface area (Å²) in [6, 6.07) is -0.0344. The van der Waals surface area contributed by atoms with Crippen LogP contribution in [0.15, 0.2) is 0 Å². The number of morpholine rings is 1. The number of hydrogen-bond donors (Lipinski definition) is 1. The molecule has 1 rings (SSSR count). The van der Waals surface area contributed by atoms with Gasteiger partial charge in [0.25, 0.3) is 0 Å². The average Bonchev–Trinajstić information content (AvgIpc) is 2.18. The Balaban J connectivity index is 2.48. The van der Waals surface area contributed by atoms with Gasteiger partial charge in [0.05, 0.1) is 25.9 Å². The van der Waals surface area contributed by atoms with Crippen molar-refractivity contribution in [2.45, 2.75) is 13.0 Å². The minimum absolute atomic E-state index is 0.0344. The molecule has 13 heavy (non-hydrogen) atoms. The number of nitrogens with zero attached hydrogens (tertiary/aromatic N) is 1. The molecule has 5 heteroatoms. The van der Waals surface area contributed by atoms with Crippen molar-refractivity contribution in [3.05, 3.63) is 0 Å². The maximum atomic E-state index is 11.4. The number of carbonyl (C=O) groups is 1. The Kier molecular flexibility index (Phi) is 3.98. The molecule has 76 valence electrons. The molecule has 0 aromatic heterocycles. The molecule has 1 heterocycles. The van der Waals surface area contributed by atoms with E-state index in [1.54, 1.807) is 11.8 Å². The predicted molar refractivity (Wildman–Crippen MR) is 47.4 cm³/mol. The Morgan fingerprint density at radius 3 is 3.15 bits per heavy atom. The summed E-state index contributed by atoms with van der Waals surface area (Å²) in [5.74, 6) is 0. The number of hydrogen-bond acceptors (Lipinski definition) is 4. The summed E-state index contributed by atoms with van der Waals surface area (Å²) in [5.41, 5.74) is 5.50. The minimum atomic E-state index is -0.291. The lowest BCUT2D eigenvalue weighted by Crippen LogP contribution is -2.52. The molecule has 1 amide bonds. The van der Waals surface area contributed by atoms with Gasteiger partial charge in [-0.2, -0.15) is 0 Å². The van der Waals surface area contributed by atoms with Gasteiger partial charge in [0.1, 0.15) is 0 Å². The first-order valence-electron chi connectivity index (χ1n) is 4.50. The van der Waals surface area contributed by atoms with Gasteiger partial charge in [0, 0.05) is 13.1 Å². The second kappa shape index (κ2) is 5.04. The van der Waals surface area contributed by atoms with Gasteiger partial charge in [0.2, 0.25) is 0 Å². The van der Waals surface area contributed by atoms with Crippen LogP contribution in [0.1, 0.15) is 6.92 Å². The second-order valence-electron chi connectivity index (χ2n) is 2.86. The van der Waals surface area contributed by atoms with E-state index in [2.05, 4.69) is 0 Å². The van der Waals surface area contributed by atoms with Crippen LogP contribution in [0.25, 0.3) is 0 Å². The first-order chi connectivity index (χ1) is 6.29. The summed E-state index contributed by atoms with van der Waals surface area (Å²) in [6.07, 6.45) is -0.291. The van der Waals surface area contributed by atoms with E-state index in [4.69, 9.17) is 15.2 Å². The maximum absolute atomic E-state index is 11.4. The lowest BCUT2D eigenvalue weighted by molar-refractivity contribution is -0.00499. The van der Waals surface area contributed by atoms with Crippen LogP contribution in [-0.4, -0.2) is 49.9 Å². The second-order valence-corrected chi connectivity index (χ2v) is 2.86. The van der Waals surface area contributed by atoms with Crippen molar-refractivity contribution >= 4 is 6.09 Å². The van der Waals surface area contributed by atoms with Gasteiger partial charge in [-0.05, 0) is 6.92 Å². The van der Waals surface area contributed by atoms with Crippen molar-refractivity contribution in [1.82, 2.24) is 4.90 Å². The van der Waals surface area contributed by atoms with Crippen LogP contribution >= 0.6 is 0 Å². The normalized spacial score (nSPS) is 22.9. The Morgan fingerprint density at radius 1 is 1.77 bits per heavy atom. The van der Waals surface area contributed by atoms with E-state index in [1.807, 2.05) is 0 Å². The zero-order chi connectivity index (χ0) is 9.68. The molecule has 0 spiro atoms. The Morgan fingerprint density at radius 2 is 2.54 bits per heavy atom. The molecule has 1 aliphatic rings. The van der Waals surface area contributed by atoms with E-state index in [9.17, 15) is 4.79 Å². The lowest BCUT2D eigenvalue weighted by Gasteiger charge is -2.33. The maximum Gasteiger partial charge on any atom is 0.410 e. The van der Waals surface area contributed by atoms with Crippen LogP contribution in [0.3, 0.4) is 0 Å². The van der Waals surface area contributed by atoms with Crippen LogP contribution in [0.4, 0.5) is 4.79 Å². The van der Waals surface area contributed by atoms with Crippen molar-refractivity contribution in [2.75, 3.05) is 32.9 Å². The third kappa shape index (κ3) is 2.57. The van der Waals surface area contributed by atoms with Gasteiger partial charge in [0.15, 0.2) is 0 Å². The first-order valence-corrected chi connectivity index (χ1v) is 4.50. The summed E-state index contributed by atoms with van der Waals surface area (Å²) >= 11 is 0. The number of ether oxygens (including phenoxy) is 2. The minimum Gasteiger partial charge on any atom is -0.450 e. The van der Waals surface area contributed by atoms with Crippen molar-refractivity contribution in [3.8, 4) is 0 Å². The summed E-state index contributed by atoms with van der Waals surface area (Å²) in [5, 5.41) is 0. The molecule has 0 aliphatic carbocycles. The highest BCUT2D eigenvalue weighted by Crippen LogP contribution is 2.07. The molecule has 0 bridgehead atoms. The quantitative estimate of drug-likeness (QED) is 0.652. The first kappa shape index (κ1) is 10.3. The molecular formula is C8H16N2O3. The van der Waals surface area contributed by atoms with E-state index in [0.29, 0.717) is 32.9 Å². The van der Waals surface area contributed by atoms with Crippen molar-refractivity contribution in [1.29, 1.82) is 0 Å². The molecule has 1 aliphatic heterocycles. The highest BCUT2D eigenvalue weighted by atomic mass is 16.6. The zero-order valence-corrected chi connectivity index (χ0v) is 7.86. The van der Waals surface area contributed by atoms with Gasteiger partial charge >= 0.3 is 6.09 Å². The molecular weight excluding hydrogens is 172 g/mol. The fraction of sp³-hybridized carbons (Fsp3) is 0.875. The molecule has 1 saturated heterocycles. The molecule has 1 unspecified atom stereocenters. The molecule has 5 nitrogen and oxygen atoms in total. The fourth-order valence-corrected chi connectivity index (χ4v) is 1.30. The topological polar surface area (TPSA) is 64.8 Å². The van der Waals surface area contributed by atoms with E-state index >= 15 is 0 Å². The fourth-order valence-electron chi connectivity index (χ4n) is 1.30. The number of nitrogens with two attached hydrogens (primary N) is 1. The van der Waals surface area contributed by atoms with Crippen LogP contribution in [0.5, 0.6) is 0 Å². The van der Waals surface area contributed by atoms with Gasteiger partial charge in [-0.3, -0.25) is 4.90 Å². The van der Waals surface area contributed by atoms with Gasteiger partial charge in [-0.15, -0.1) is 0 Å². The van der Waals surface area contributed by atoms with Crippen LogP contribution in [0.2, 0.25) is 0 Å².